The lowest BCUT2D eigenvalue weighted by Crippen LogP contribution is -2.45. The van der Waals surface area contributed by atoms with Crippen LogP contribution in [0, 0.1) is 13.8 Å². The number of ether oxygens (including phenoxy) is 1. The number of alkyl halides is 3. The van der Waals surface area contributed by atoms with Crippen LogP contribution in [-0.2, 0) is 6.18 Å². The van der Waals surface area contributed by atoms with Crippen LogP contribution in [-0.4, -0.2) is 24.7 Å². The van der Waals surface area contributed by atoms with Crippen molar-refractivity contribution in [1.29, 1.82) is 0 Å². The standard InChI is InChI=1S/C23H20F3N3O3/c1-13-10-16(32-3)5-7-18(13)28-12-29(19-8-9-21(30)27-14(19)2)22(31)17-11-15(23(24,25)26)4-6-20(17)28/h4-11H,12H2,1-3H3,(H,27,30). The second-order valence-electron chi connectivity index (χ2n) is 7.52. The number of amides is 1. The lowest BCUT2D eigenvalue weighted by atomic mass is 10.0. The van der Waals surface area contributed by atoms with Gasteiger partial charge < -0.3 is 14.6 Å². The maximum Gasteiger partial charge on any atom is 0.416 e. The first-order chi connectivity index (χ1) is 15.1. The predicted octanol–water partition coefficient (Wildman–Crippen LogP) is 4.78. The molecule has 0 aliphatic carbocycles. The van der Waals surface area contributed by atoms with Gasteiger partial charge in [-0.15, -0.1) is 0 Å². The van der Waals surface area contributed by atoms with Crippen LogP contribution in [0.5, 0.6) is 5.75 Å². The van der Waals surface area contributed by atoms with E-state index in [1.54, 1.807) is 31.1 Å². The van der Waals surface area contributed by atoms with Crippen LogP contribution in [0.25, 0.3) is 0 Å². The fourth-order valence-electron chi connectivity index (χ4n) is 3.86. The maximum absolute atomic E-state index is 13.4. The quantitative estimate of drug-likeness (QED) is 0.633. The Kier molecular flexibility index (Phi) is 5.20. The molecule has 32 heavy (non-hydrogen) atoms. The third-order valence-corrected chi connectivity index (χ3v) is 5.45. The van der Waals surface area contributed by atoms with Crippen LogP contribution in [0.3, 0.4) is 0 Å². The zero-order valence-corrected chi connectivity index (χ0v) is 17.6. The lowest BCUT2D eigenvalue weighted by Gasteiger charge is -2.39. The molecule has 0 saturated carbocycles. The minimum Gasteiger partial charge on any atom is -0.497 e. The molecular formula is C23H20F3N3O3. The number of rotatable bonds is 3. The Morgan fingerprint density at radius 3 is 2.22 bits per heavy atom. The van der Waals surface area contributed by atoms with Gasteiger partial charge in [-0.2, -0.15) is 13.2 Å². The number of hydrogen-bond acceptors (Lipinski definition) is 4. The molecule has 166 valence electrons. The number of nitrogens with one attached hydrogen (secondary N) is 1. The van der Waals surface area contributed by atoms with E-state index in [9.17, 15) is 22.8 Å². The number of anilines is 3. The first-order valence-corrected chi connectivity index (χ1v) is 9.75. The van der Waals surface area contributed by atoms with Gasteiger partial charge in [0.25, 0.3) is 5.91 Å². The van der Waals surface area contributed by atoms with Gasteiger partial charge in [0.05, 0.1) is 29.6 Å². The van der Waals surface area contributed by atoms with Crippen LogP contribution in [0.2, 0.25) is 0 Å². The van der Waals surface area contributed by atoms with Crippen LogP contribution >= 0.6 is 0 Å². The molecule has 2 heterocycles. The topological polar surface area (TPSA) is 65.6 Å². The van der Waals surface area contributed by atoms with E-state index in [2.05, 4.69) is 4.98 Å². The number of pyridine rings is 1. The molecule has 4 rings (SSSR count). The molecule has 1 amide bonds. The molecule has 1 aliphatic heterocycles. The Hall–Kier alpha value is -3.75. The van der Waals surface area contributed by atoms with Crippen molar-refractivity contribution in [3.05, 3.63) is 81.3 Å². The number of carbonyl (C=O) groups excluding carboxylic acids is 1. The Balaban J connectivity index is 1.91. The summed E-state index contributed by atoms with van der Waals surface area (Å²) in [4.78, 5) is 30.7. The number of fused-ring (bicyclic) bond motifs is 1. The normalized spacial score (nSPS) is 13.9. The number of aromatic amines is 1. The number of halogens is 3. The number of aromatic nitrogens is 1. The van der Waals surface area contributed by atoms with Crippen LogP contribution in [0.4, 0.5) is 30.2 Å². The van der Waals surface area contributed by atoms with E-state index < -0.39 is 17.6 Å². The highest BCUT2D eigenvalue weighted by molar-refractivity contribution is 6.13. The highest BCUT2D eigenvalue weighted by Gasteiger charge is 2.37. The fraction of sp³-hybridized carbons (Fsp3) is 0.217. The SMILES string of the molecule is COc1ccc(N2CN(c3ccc(=O)[nH]c3C)C(=O)c3cc(C(F)(F)F)ccc32)c(C)c1. The molecule has 0 spiro atoms. The van der Waals surface area contributed by atoms with Crippen molar-refractivity contribution >= 4 is 23.0 Å². The highest BCUT2D eigenvalue weighted by atomic mass is 19.4. The zero-order valence-electron chi connectivity index (χ0n) is 17.6. The van der Waals surface area contributed by atoms with Gasteiger partial charge in [0.2, 0.25) is 5.56 Å². The Labute approximate surface area is 181 Å². The molecule has 3 aromatic rings. The van der Waals surface area contributed by atoms with Crippen molar-refractivity contribution in [3.8, 4) is 5.75 Å². The van der Waals surface area contributed by atoms with Crippen LogP contribution < -0.4 is 20.1 Å². The summed E-state index contributed by atoms with van der Waals surface area (Å²) in [6.45, 7) is 3.54. The van der Waals surface area contributed by atoms with E-state index in [0.717, 1.165) is 17.7 Å². The number of carbonyl (C=O) groups is 1. The van der Waals surface area contributed by atoms with Crippen molar-refractivity contribution in [3.63, 3.8) is 0 Å². The lowest BCUT2D eigenvalue weighted by molar-refractivity contribution is -0.137. The van der Waals surface area contributed by atoms with E-state index >= 15 is 0 Å². The van der Waals surface area contributed by atoms with Crippen LogP contribution in [0.1, 0.15) is 27.2 Å². The zero-order chi connectivity index (χ0) is 23.2. The van der Waals surface area contributed by atoms with Crippen molar-refractivity contribution < 1.29 is 22.7 Å². The molecule has 1 aliphatic rings. The number of hydrogen-bond donors (Lipinski definition) is 1. The second kappa shape index (κ2) is 7.74. The molecule has 6 nitrogen and oxygen atoms in total. The first-order valence-electron chi connectivity index (χ1n) is 9.75. The second-order valence-corrected chi connectivity index (χ2v) is 7.52. The van der Waals surface area contributed by atoms with Gasteiger partial charge >= 0.3 is 6.18 Å². The third kappa shape index (κ3) is 3.70. The molecule has 9 heteroatoms. The Bertz CT molecular complexity index is 1270. The van der Waals surface area contributed by atoms with Crippen molar-refractivity contribution in [2.45, 2.75) is 20.0 Å². The summed E-state index contributed by atoms with van der Waals surface area (Å²) >= 11 is 0. The van der Waals surface area contributed by atoms with E-state index in [1.165, 1.54) is 23.1 Å². The number of H-pyrrole nitrogens is 1. The molecule has 1 aromatic heterocycles. The molecule has 0 unspecified atom stereocenters. The average Bonchev–Trinajstić information content (AvgIpc) is 2.74. The maximum atomic E-state index is 13.4. The molecule has 1 N–H and O–H groups in total. The van der Waals surface area contributed by atoms with Gasteiger partial charge in [0, 0.05) is 17.4 Å². The molecule has 0 bridgehead atoms. The molecule has 2 aromatic carbocycles. The number of benzene rings is 2. The molecule has 0 fully saturated rings. The summed E-state index contributed by atoms with van der Waals surface area (Å²) in [5, 5.41) is 0. The first kappa shape index (κ1) is 21.5. The Morgan fingerprint density at radius 2 is 1.59 bits per heavy atom. The van der Waals surface area contributed by atoms with Crippen molar-refractivity contribution in [1.82, 2.24) is 4.98 Å². The number of aryl methyl sites for hydroxylation is 2. The minimum absolute atomic E-state index is 0.0528. The molecule has 0 radical (unpaired) electrons. The highest BCUT2D eigenvalue weighted by Crippen LogP contribution is 2.40. The summed E-state index contributed by atoms with van der Waals surface area (Å²) in [6.07, 6.45) is -4.59. The van der Waals surface area contributed by atoms with Crippen molar-refractivity contribution in [2.24, 2.45) is 0 Å². The van der Waals surface area contributed by atoms with Gasteiger partial charge in [-0.05, 0) is 61.9 Å². The minimum atomic E-state index is -4.59. The predicted molar refractivity (Wildman–Crippen MR) is 115 cm³/mol. The van der Waals surface area contributed by atoms with Gasteiger partial charge in [-0.1, -0.05) is 0 Å². The molecule has 0 saturated heterocycles. The summed E-state index contributed by atoms with van der Waals surface area (Å²) in [7, 11) is 1.54. The van der Waals surface area contributed by atoms with Crippen LogP contribution in [0.15, 0.2) is 53.3 Å². The third-order valence-electron chi connectivity index (χ3n) is 5.45. The summed E-state index contributed by atoms with van der Waals surface area (Å²) in [6, 6.07) is 11.3. The van der Waals surface area contributed by atoms with E-state index in [0.29, 0.717) is 28.5 Å². The largest absolute Gasteiger partial charge is 0.497 e. The van der Waals surface area contributed by atoms with Crippen molar-refractivity contribution in [2.75, 3.05) is 23.6 Å². The molecular weight excluding hydrogens is 423 g/mol. The van der Waals surface area contributed by atoms with E-state index in [-0.39, 0.29) is 17.8 Å². The number of methoxy groups -OCH3 is 1. The summed E-state index contributed by atoms with van der Waals surface area (Å²) in [5.74, 6) is 0.0592. The number of nitrogens with zero attached hydrogens (tertiary/aromatic N) is 2. The van der Waals surface area contributed by atoms with E-state index in [4.69, 9.17) is 4.74 Å². The summed E-state index contributed by atoms with van der Waals surface area (Å²) in [5.41, 5.74) is 1.44. The van der Waals surface area contributed by atoms with Gasteiger partial charge in [-0.3, -0.25) is 14.5 Å². The van der Waals surface area contributed by atoms with E-state index in [1.807, 2.05) is 13.0 Å². The van der Waals surface area contributed by atoms with Gasteiger partial charge in [-0.25, -0.2) is 0 Å². The average molecular weight is 443 g/mol. The van der Waals surface area contributed by atoms with Gasteiger partial charge in [0.15, 0.2) is 0 Å². The smallest absolute Gasteiger partial charge is 0.416 e. The fourth-order valence-corrected chi connectivity index (χ4v) is 3.86. The monoisotopic (exact) mass is 443 g/mol. The summed E-state index contributed by atoms with van der Waals surface area (Å²) < 4.78 is 45.4. The Morgan fingerprint density at radius 1 is 0.906 bits per heavy atom. The molecule has 0 atom stereocenters. The van der Waals surface area contributed by atoms with Gasteiger partial charge in [0.1, 0.15) is 12.4 Å².